The Bertz CT molecular complexity index is 918. The summed E-state index contributed by atoms with van der Waals surface area (Å²) in [5, 5.41) is 0.902. The Labute approximate surface area is 144 Å². The van der Waals surface area contributed by atoms with E-state index in [0.717, 1.165) is 10.9 Å². The molecule has 1 aromatic heterocycles. The van der Waals surface area contributed by atoms with Gasteiger partial charge in [0.25, 0.3) is 0 Å². The molecule has 3 rings (SSSR count). The number of carbonyl (C=O) groups excluding carboxylic acids is 2. The van der Waals surface area contributed by atoms with Crippen LogP contribution in [0, 0.1) is 0 Å². The number of carbonyl (C=O) groups is 2. The summed E-state index contributed by atoms with van der Waals surface area (Å²) in [6.07, 6.45) is 1.51. The predicted octanol–water partition coefficient (Wildman–Crippen LogP) is 3.62. The molecule has 1 heterocycles. The van der Waals surface area contributed by atoms with Gasteiger partial charge in [-0.05, 0) is 35.9 Å². The van der Waals surface area contributed by atoms with Crippen LogP contribution in [0.5, 0.6) is 5.75 Å². The van der Waals surface area contributed by atoms with Gasteiger partial charge in [-0.3, -0.25) is 4.79 Å². The lowest BCUT2D eigenvalue weighted by atomic mass is 10.0. The maximum atomic E-state index is 12.8. The van der Waals surface area contributed by atoms with Crippen molar-refractivity contribution >= 4 is 28.7 Å². The summed E-state index contributed by atoms with van der Waals surface area (Å²) in [4.78, 5) is 28.0. The maximum Gasteiger partial charge on any atom is 0.341 e. The molecule has 25 heavy (non-hydrogen) atoms. The highest BCUT2D eigenvalue weighted by molar-refractivity contribution is 6.27. The molecule has 0 radical (unpaired) electrons. The van der Waals surface area contributed by atoms with Crippen LogP contribution in [-0.2, 0) is 9.53 Å². The van der Waals surface area contributed by atoms with Crippen LogP contribution in [0.15, 0.2) is 60.2 Å². The second kappa shape index (κ2) is 7.05. The number of hydrogen-bond donors (Lipinski definition) is 1. The van der Waals surface area contributed by atoms with Crippen molar-refractivity contribution in [3.05, 3.63) is 71.4 Å². The molecule has 0 aliphatic rings. The minimum absolute atomic E-state index is 0.0424. The zero-order chi connectivity index (χ0) is 17.8. The van der Waals surface area contributed by atoms with Gasteiger partial charge in [0.2, 0.25) is 5.78 Å². The summed E-state index contributed by atoms with van der Waals surface area (Å²) < 4.78 is 9.89. The fourth-order valence-corrected chi connectivity index (χ4v) is 2.53. The van der Waals surface area contributed by atoms with E-state index in [1.165, 1.54) is 13.2 Å². The van der Waals surface area contributed by atoms with E-state index in [2.05, 4.69) is 4.98 Å². The lowest BCUT2D eigenvalue weighted by Crippen LogP contribution is -2.15. The number of para-hydroxylation sites is 1. The standard InChI is InChI=1S/C20H17NO4/c1-24-15-9-7-13(8-10-15)11-16(20(23)25-2)19(22)18-12-14-5-3-4-6-17(14)21-18/h3-12,21H,1-2H3/b16-11-. The molecule has 5 nitrogen and oxygen atoms in total. The van der Waals surface area contributed by atoms with Gasteiger partial charge >= 0.3 is 5.97 Å². The first kappa shape index (κ1) is 16.5. The number of esters is 1. The van der Waals surface area contributed by atoms with Gasteiger partial charge in [0.1, 0.15) is 11.3 Å². The molecule has 0 aliphatic heterocycles. The maximum absolute atomic E-state index is 12.8. The van der Waals surface area contributed by atoms with Crippen LogP contribution in [0.3, 0.4) is 0 Å². The minimum atomic E-state index is -0.681. The number of aromatic amines is 1. The molecule has 5 heteroatoms. The zero-order valence-corrected chi connectivity index (χ0v) is 13.9. The summed E-state index contributed by atoms with van der Waals surface area (Å²) in [5.41, 5.74) is 1.83. The topological polar surface area (TPSA) is 68.4 Å². The third-order valence-electron chi connectivity index (χ3n) is 3.85. The number of nitrogens with one attached hydrogen (secondary N) is 1. The summed E-state index contributed by atoms with van der Waals surface area (Å²) in [6, 6.07) is 16.3. The highest BCUT2D eigenvalue weighted by atomic mass is 16.5. The van der Waals surface area contributed by atoms with Gasteiger partial charge in [-0.25, -0.2) is 4.79 Å². The number of benzene rings is 2. The van der Waals surface area contributed by atoms with E-state index < -0.39 is 11.8 Å². The normalized spacial score (nSPS) is 11.4. The fourth-order valence-electron chi connectivity index (χ4n) is 2.53. The van der Waals surface area contributed by atoms with E-state index in [1.54, 1.807) is 37.4 Å². The predicted molar refractivity (Wildman–Crippen MR) is 95.6 cm³/mol. The lowest BCUT2D eigenvalue weighted by Gasteiger charge is -2.05. The van der Waals surface area contributed by atoms with Crippen molar-refractivity contribution in [3.63, 3.8) is 0 Å². The molecule has 0 amide bonds. The second-order valence-electron chi connectivity index (χ2n) is 5.42. The molecular weight excluding hydrogens is 318 g/mol. The molecule has 0 saturated carbocycles. The number of H-pyrrole nitrogens is 1. The van der Waals surface area contributed by atoms with Crippen molar-refractivity contribution in [1.29, 1.82) is 0 Å². The van der Waals surface area contributed by atoms with E-state index in [0.29, 0.717) is 17.0 Å². The number of methoxy groups -OCH3 is 2. The van der Waals surface area contributed by atoms with E-state index in [4.69, 9.17) is 9.47 Å². The summed E-state index contributed by atoms with van der Waals surface area (Å²) in [7, 11) is 2.83. The first-order valence-electron chi connectivity index (χ1n) is 7.69. The van der Waals surface area contributed by atoms with Gasteiger partial charge in [0, 0.05) is 10.9 Å². The molecule has 126 valence electrons. The molecule has 0 bridgehead atoms. The Kier molecular flexibility index (Phi) is 4.66. The Morgan fingerprint density at radius 1 is 1.00 bits per heavy atom. The third-order valence-corrected chi connectivity index (χ3v) is 3.85. The number of Topliss-reactive ketones (excluding diaryl/α,β-unsaturated/α-hetero) is 1. The van der Waals surface area contributed by atoms with Crippen LogP contribution in [0.2, 0.25) is 0 Å². The van der Waals surface area contributed by atoms with E-state index in [1.807, 2.05) is 24.3 Å². The summed E-state index contributed by atoms with van der Waals surface area (Å²) >= 11 is 0. The Balaban J connectivity index is 2.00. The van der Waals surface area contributed by atoms with Crippen LogP contribution in [0.25, 0.3) is 17.0 Å². The zero-order valence-electron chi connectivity index (χ0n) is 13.9. The van der Waals surface area contributed by atoms with Crippen molar-refractivity contribution in [2.75, 3.05) is 14.2 Å². The third kappa shape index (κ3) is 3.45. The highest BCUT2D eigenvalue weighted by Gasteiger charge is 2.22. The van der Waals surface area contributed by atoms with Crippen molar-refractivity contribution in [1.82, 2.24) is 4.98 Å². The minimum Gasteiger partial charge on any atom is -0.497 e. The average Bonchev–Trinajstić information content (AvgIpc) is 3.09. The van der Waals surface area contributed by atoms with Crippen molar-refractivity contribution in [3.8, 4) is 5.75 Å². The number of rotatable bonds is 5. The van der Waals surface area contributed by atoms with Crippen molar-refractivity contribution in [2.24, 2.45) is 0 Å². The number of ketones is 1. The number of hydrogen-bond acceptors (Lipinski definition) is 4. The number of aromatic nitrogens is 1. The lowest BCUT2D eigenvalue weighted by molar-refractivity contribution is -0.135. The summed E-state index contributed by atoms with van der Waals surface area (Å²) in [6.45, 7) is 0. The second-order valence-corrected chi connectivity index (χ2v) is 5.42. The summed E-state index contributed by atoms with van der Waals surface area (Å²) in [5.74, 6) is -0.406. The van der Waals surface area contributed by atoms with Crippen LogP contribution in [0.4, 0.5) is 0 Å². The monoisotopic (exact) mass is 335 g/mol. The molecular formula is C20H17NO4. The SMILES string of the molecule is COC(=O)/C(=C\c1ccc(OC)cc1)C(=O)c1cc2ccccc2[nH]1. The van der Waals surface area contributed by atoms with Crippen molar-refractivity contribution in [2.45, 2.75) is 0 Å². The Morgan fingerprint density at radius 3 is 2.36 bits per heavy atom. The molecule has 0 fully saturated rings. The van der Waals surface area contributed by atoms with Gasteiger partial charge in [-0.2, -0.15) is 0 Å². The Hall–Kier alpha value is -3.34. The van der Waals surface area contributed by atoms with E-state index in [9.17, 15) is 9.59 Å². The van der Waals surface area contributed by atoms with E-state index >= 15 is 0 Å². The van der Waals surface area contributed by atoms with Gasteiger partial charge in [-0.1, -0.05) is 30.3 Å². The number of fused-ring (bicyclic) bond motifs is 1. The van der Waals surface area contributed by atoms with Gasteiger partial charge in [0.05, 0.1) is 19.9 Å². The molecule has 0 spiro atoms. The average molecular weight is 335 g/mol. The van der Waals surface area contributed by atoms with E-state index in [-0.39, 0.29) is 5.57 Å². The van der Waals surface area contributed by atoms with Crippen LogP contribution in [-0.4, -0.2) is 31.0 Å². The fraction of sp³-hybridized carbons (Fsp3) is 0.100. The van der Waals surface area contributed by atoms with Gasteiger partial charge in [-0.15, -0.1) is 0 Å². The van der Waals surface area contributed by atoms with Crippen LogP contribution >= 0.6 is 0 Å². The van der Waals surface area contributed by atoms with Crippen LogP contribution in [0.1, 0.15) is 16.1 Å². The number of ether oxygens (including phenoxy) is 2. The molecule has 0 aliphatic carbocycles. The van der Waals surface area contributed by atoms with Gasteiger partial charge < -0.3 is 14.5 Å². The molecule has 2 aromatic carbocycles. The van der Waals surface area contributed by atoms with Crippen LogP contribution < -0.4 is 4.74 Å². The quantitative estimate of drug-likeness (QED) is 0.254. The first-order chi connectivity index (χ1) is 12.1. The molecule has 0 unspecified atom stereocenters. The Morgan fingerprint density at radius 2 is 1.72 bits per heavy atom. The smallest absolute Gasteiger partial charge is 0.341 e. The molecule has 0 saturated heterocycles. The largest absolute Gasteiger partial charge is 0.497 e. The van der Waals surface area contributed by atoms with Crippen molar-refractivity contribution < 1.29 is 19.1 Å². The van der Waals surface area contributed by atoms with Gasteiger partial charge in [0.15, 0.2) is 0 Å². The molecule has 1 N–H and O–H groups in total. The molecule has 0 atom stereocenters. The first-order valence-corrected chi connectivity index (χ1v) is 7.69. The highest BCUT2D eigenvalue weighted by Crippen LogP contribution is 2.20. The molecule has 3 aromatic rings.